The molecule has 0 aromatic heterocycles. The second-order valence-electron chi connectivity index (χ2n) is 4.47. The SMILES string of the molecule is OCCOCCNCc1cc(Cl)c2c(c1)OCCCO2. The lowest BCUT2D eigenvalue weighted by Crippen LogP contribution is -2.20. The number of hydrogen-bond donors (Lipinski definition) is 2. The highest BCUT2D eigenvalue weighted by atomic mass is 35.5. The van der Waals surface area contributed by atoms with Crippen LogP contribution >= 0.6 is 11.6 Å². The molecule has 0 amide bonds. The summed E-state index contributed by atoms with van der Waals surface area (Å²) in [6, 6.07) is 3.84. The molecule has 112 valence electrons. The molecular formula is C14H20ClNO4. The molecule has 0 saturated heterocycles. The summed E-state index contributed by atoms with van der Waals surface area (Å²) in [5.74, 6) is 1.35. The van der Waals surface area contributed by atoms with Crippen LogP contribution in [0.3, 0.4) is 0 Å². The van der Waals surface area contributed by atoms with Crippen molar-refractivity contribution in [1.29, 1.82) is 0 Å². The van der Waals surface area contributed by atoms with E-state index in [1.54, 1.807) is 0 Å². The Bertz CT molecular complexity index is 428. The van der Waals surface area contributed by atoms with E-state index in [0.717, 1.165) is 12.0 Å². The van der Waals surface area contributed by atoms with Crippen LogP contribution < -0.4 is 14.8 Å². The van der Waals surface area contributed by atoms with Gasteiger partial charge in [0.05, 0.1) is 38.1 Å². The van der Waals surface area contributed by atoms with Crippen LogP contribution in [0.25, 0.3) is 0 Å². The fourth-order valence-electron chi connectivity index (χ4n) is 1.93. The van der Waals surface area contributed by atoms with Crippen LogP contribution in [0.4, 0.5) is 0 Å². The second kappa shape index (κ2) is 8.32. The van der Waals surface area contributed by atoms with E-state index < -0.39 is 0 Å². The van der Waals surface area contributed by atoms with Crippen molar-refractivity contribution in [3.05, 3.63) is 22.7 Å². The van der Waals surface area contributed by atoms with Crippen molar-refractivity contribution in [3.63, 3.8) is 0 Å². The lowest BCUT2D eigenvalue weighted by Gasteiger charge is -2.12. The fourth-order valence-corrected chi connectivity index (χ4v) is 2.22. The van der Waals surface area contributed by atoms with Crippen LogP contribution in [0.5, 0.6) is 11.5 Å². The van der Waals surface area contributed by atoms with Crippen LogP contribution in [-0.4, -0.2) is 44.7 Å². The summed E-state index contributed by atoms with van der Waals surface area (Å²) in [5, 5.41) is 12.4. The number of rotatable bonds is 7. The van der Waals surface area contributed by atoms with E-state index in [1.807, 2.05) is 12.1 Å². The number of benzene rings is 1. The molecule has 1 aliphatic heterocycles. The van der Waals surface area contributed by atoms with Crippen molar-refractivity contribution in [1.82, 2.24) is 5.32 Å². The van der Waals surface area contributed by atoms with Gasteiger partial charge in [-0.05, 0) is 17.7 Å². The van der Waals surface area contributed by atoms with E-state index in [-0.39, 0.29) is 6.61 Å². The van der Waals surface area contributed by atoms with Gasteiger partial charge in [0, 0.05) is 19.5 Å². The zero-order valence-corrected chi connectivity index (χ0v) is 12.1. The van der Waals surface area contributed by atoms with E-state index in [1.165, 1.54) is 0 Å². The second-order valence-corrected chi connectivity index (χ2v) is 4.88. The van der Waals surface area contributed by atoms with Crippen molar-refractivity contribution in [2.45, 2.75) is 13.0 Å². The Morgan fingerprint density at radius 3 is 2.95 bits per heavy atom. The van der Waals surface area contributed by atoms with Gasteiger partial charge in [0.1, 0.15) is 0 Å². The average molecular weight is 302 g/mol. The first-order chi connectivity index (χ1) is 9.81. The first-order valence-corrected chi connectivity index (χ1v) is 7.16. The Balaban J connectivity index is 1.86. The van der Waals surface area contributed by atoms with Crippen LogP contribution in [0.15, 0.2) is 12.1 Å². The number of aliphatic hydroxyl groups excluding tert-OH is 1. The molecule has 2 N–H and O–H groups in total. The Morgan fingerprint density at radius 2 is 2.10 bits per heavy atom. The molecule has 0 aliphatic carbocycles. The molecule has 0 saturated carbocycles. The molecule has 1 aromatic rings. The average Bonchev–Trinajstić information content (AvgIpc) is 2.68. The summed E-state index contributed by atoms with van der Waals surface area (Å²) in [7, 11) is 0. The summed E-state index contributed by atoms with van der Waals surface area (Å²) in [4.78, 5) is 0. The topological polar surface area (TPSA) is 60.0 Å². The van der Waals surface area contributed by atoms with Gasteiger partial charge in [-0.3, -0.25) is 0 Å². The molecule has 1 aromatic carbocycles. The van der Waals surface area contributed by atoms with Crippen molar-refractivity contribution in [3.8, 4) is 11.5 Å². The Kier molecular flexibility index (Phi) is 6.39. The maximum atomic E-state index is 8.58. The zero-order valence-electron chi connectivity index (χ0n) is 11.4. The Morgan fingerprint density at radius 1 is 1.25 bits per heavy atom. The lowest BCUT2D eigenvalue weighted by molar-refractivity contribution is 0.0938. The highest BCUT2D eigenvalue weighted by Crippen LogP contribution is 2.37. The third-order valence-electron chi connectivity index (χ3n) is 2.85. The molecule has 20 heavy (non-hydrogen) atoms. The lowest BCUT2D eigenvalue weighted by atomic mass is 10.2. The van der Waals surface area contributed by atoms with Gasteiger partial charge in [0.15, 0.2) is 11.5 Å². The van der Waals surface area contributed by atoms with E-state index in [2.05, 4.69) is 5.32 Å². The van der Waals surface area contributed by atoms with E-state index in [0.29, 0.717) is 56.0 Å². The Labute approximate surface area is 123 Å². The molecule has 1 aliphatic rings. The monoisotopic (exact) mass is 301 g/mol. The van der Waals surface area contributed by atoms with E-state index in [9.17, 15) is 0 Å². The smallest absolute Gasteiger partial charge is 0.179 e. The number of aliphatic hydroxyl groups is 1. The van der Waals surface area contributed by atoms with E-state index in [4.69, 9.17) is 30.9 Å². The van der Waals surface area contributed by atoms with Crippen LogP contribution in [0.2, 0.25) is 5.02 Å². The zero-order chi connectivity index (χ0) is 14.2. The predicted octanol–water partition coefficient (Wildman–Crippen LogP) is 1.60. The molecule has 0 radical (unpaired) electrons. The van der Waals surface area contributed by atoms with Gasteiger partial charge in [0.25, 0.3) is 0 Å². The van der Waals surface area contributed by atoms with Gasteiger partial charge >= 0.3 is 0 Å². The molecule has 0 bridgehead atoms. The molecule has 1 heterocycles. The fraction of sp³-hybridized carbons (Fsp3) is 0.571. The number of hydrogen-bond acceptors (Lipinski definition) is 5. The maximum Gasteiger partial charge on any atom is 0.179 e. The highest BCUT2D eigenvalue weighted by molar-refractivity contribution is 6.32. The first-order valence-electron chi connectivity index (χ1n) is 6.78. The molecule has 2 rings (SSSR count). The van der Waals surface area contributed by atoms with Gasteiger partial charge in [-0.1, -0.05) is 11.6 Å². The van der Waals surface area contributed by atoms with Gasteiger partial charge in [-0.15, -0.1) is 0 Å². The summed E-state index contributed by atoms with van der Waals surface area (Å²) in [6.07, 6.45) is 0.862. The summed E-state index contributed by atoms with van der Waals surface area (Å²) < 4.78 is 16.4. The molecular weight excluding hydrogens is 282 g/mol. The third-order valence-corrected chi connectivity index (χ3v) is 3.13. The van der Waals surface area contributed by atoms with Crippen molar-refractivity contribution < 1.29 is 19.3 Å². The highest BCUT2D eigenvalue weighted by Gasteiger charge is 2.15. The molecule has 6 heteroatoms. The van der Waals surface area contributed by atoms with Crippen LogP contribution in [-0.2, 0) is 11.3 Å². The van der Waals surface area contributed by atoms with Crippen LogP contribution in [0, 0.1) is 0 Å². The summed E-state index contributed by atoms with van der Waals surface area (Å²) in [5.41, 5.74) is 1.04. The molecule has 0 unspecified atom stereocenters. The predicted molar refractivity (Wildman–Crippen MR) is 76.7 cm³/mol. The third kappa shape index (κ3) is 4.52. The molecule has 0 fully saturated rings. The summed E-state index contributed by atoms with van der Waals surface area (Å²) in [6.45, 7) is 3.67. The summed E-state index contributed by atoms with van der Waals surface area (Å²) >= 11 is 6.22. The minimum Gasteiger partial charge on any atom is -0.489 e. The molecule has 0 atom stereocenters. The Hall–Kier alpha value is -1.01. The first kappa shape index (κ1) is 15.4. The van der Waals surface area contributed by atoms with Crippen LogP contribution in [0.1, 0.15) is 12.0 Å². The molecule has 0 spiro atoms. The number of ether oxygens (including phenoxy) is 3. The minimum atomic E-state index is 0.0533. The minimum absolute atomic E-state index is 0.0533. The van der Waals surface area contributed by atoms with Gasteiger partial charge in [0.2, 0.25) is 0 Å². The number of nitrogens with one attached hydrogen (secondary N) is 1. The van der Waals surface area contributed by atoms with Crippen molar-refractivity contribution in [2.75, 3.05) is 39.6 Å². The maximum absolute atomic E-state index is 8.58. The van der Waals surface area contributed by atoms with Gasteiger partial charge in [-0.2, -0.15) is 0 Å². The van der Waals surface area contributed by atoms with E-state index >= 15 is 0 Å². The quantitative estimate of drug-likeness (QED) is 0.749. The van der Waals surface area contributed by atoms with Gasteiger partial charge < -0.3 is 24.6 Å². The normalized spacial score (nSPS) is 14.1. The number of fused-ring (bicyclic) bond motifs is 1. The van der Waals surface area contributed by atoms with Crippen molar-refractivity contribution >= 4 is 11.6 Å². The number of halogens is 1. The molecule has 5 nitrogen and oxygen atoms in total. The largest absolute Gasteiger partial charge is 0.489 e. The van der Waals surface area contributed by atoms with Crippen molar-refractivity contribution in [2.24, 2.45) is 0 Å². The van der Waals surface area contributed by atoms with Gasteiger partial charge in [-0.25, -0.2) is 0 Å². The standard InChI is InChI=1S/C14H20ClNO4/c15-12-8-11(10-16-2-6-18-7-3-17)9-13-14(12)20-5-1-4-19-13/h8-9,16-17H,1-7,10H2.